The Hall–Kier alpha value is -3.10. The van der Waals surface area contributed by atoms with Crippen LogP contribution in [0.3, 0.4) is 0 Å². The number of ether oxygens (including phenoxy) is 1. The Labute approximate surface area is 166 Å². The second-order valence-electron chi connectivity index (χ2n) is 8.21. The van der Waals surface area contributed by atoms with E-state index >= 15 is 0 Å². The van der Waals surface area contributed by atoms with Crippen molar-refractivity contribution in [2.75, 3.05) is 19.7 Å². The van der Waals surface area contributed by atoms with Crippen LogP contribution in [0, 0.1) is 0 Å². The molecule has 9 heteroatoms. The Bertz CT molecular complexity index is 950. The molecule has 1 spiro atoms. The van der Waals surface area contributed by atoms with Crippen molar-refractivity contribution in [1.82, 2.24) is 15.1 Å². The first kappa shape index (κ1) is 18.0. The molecule has 0 saturated carbocycles. The molecule has 2 saturated heterocycles. The minimum atomic E-state index is -0.904. The second-order valence-corrected chi connectivity index (χ2v) is 8.21. The Morgan fingerprint density at radius 1 is 1.21 bits per heavy atom. The molecular formula is C20H21N3O6. The van der Waals surface area contributed by atoms with Gasteiger partial charge in [-0.2, -0.15) is 0 Å². The van der Waals surface area contributed by atoms with Crippen molar-refractivity contribution < 1.29 is 29.0 Å². The zero-order chi connectivity index (χ0) is 20.3. The molecule has 1 aromatic rings. The minimum absolute atomic E-state index is 0.217. The maximum atomic E-state index is 12.9. The summed E-state index contributed by atoms with van der Waals surface area (Å²) in [6.07, 6.45) is 0.987. The van der Waals surface area contributed by atoms with Gasteiger partial charge in [0, 0.05) is 41.6 Å². The lowest BCUT2D eigenvalue weighted by atomic mass is 9.74. The number of nitrogens with one attached hydrogen (secondary N) is 1. The monoisotopic (exact) mass is 399 g/mol. The van der Waals surface area contributed by atoms with Crippen LogP contribution < -0.4 is 10.1 Å². The number of fused-ring (bicyclic) bond motifs is 4. The zero-order valence-corrected chi connectivity index (χ0v) is 15.8. The van der Waals surface area contributed by atoms with Crippen molar-refractivity contribution in [3.8, 4) is 5.75 Å². The van der Waals surface area contributed by atoms with Crippen molar-refractivity contribution in [2.45, 2.75) is 43.7 Å². The third-order valence-electron chi connectivity index (χ3n) is 6.72. The van der Waals surface area contributed by atoms with Gasteiger partial charge in [0.1, 0.15) is 11.8 Å². The molecule has 1 atom stereocenters. The lowest BCUT2D eigenvalue weighted by molar-refractivity contribution is -0.136. The highest BCUT2D eigenvalue weighted by Crippen LogP contribution is 2.49. The van der Waals surface area contributed by atoms with Crippen molar-refractivity contribution >= 4 is 23.8 Å². The van der Waals surface area contributed by atoms with Crippen molar-refractivity contribution in [3.63, 3.8) is 0 Å². The highest BCUT2D eigenvalue weighted by Gasteiger charge is 2.48. The number of hydrogen-bond donors (Lipinski definition) is 2. The zero-order valence-electron chi connectivity index (χ0n) is 15.8. The lowest BCUT2D eigenvalue weighted by Gasteiger charge is -2.37. The third-order valence-corrected chi connectivity index (χ3v) is 6.72. The first-order chi connectivity index (χ1) is 13.9. The highest BCUT2D eigenvalue weighted by molar-refractivity contribution is 6.05. The first-order valence-corrected chi connectivity index (χ1v) is 9.81. The van der Waals surface area contributed by atoms with Crippen LogP contribution in [-0.4, -0.2) is 64.5 Å². The molecule has 5 rings (SSSR count). The number of rotatable bonds is 1. The number of nitrogens with zero attached hydrogens (tertiary/aromatic N) is 2. The molecule has 4 aliphatic rings. The van der Waals surface area contributed by atoms with Crippen LogP contribution in [0.5, 0.6) is 5.75 Å². The van der Waals surface area contributed by atoms with Gasteiger partial charge in [0.25, 0.3) is 5.91 Å². The van der Waals surface area contributed by atoms with E-state index in [4.69, 9.17) is 4.74 Å². The van der Waals surface area contributed by atoms with Gasteiger partial charge >= 0.3 is 6.09 Å². The highest BCUT2D eigenvalue weighted by atomic mass is 16.5. The van der Waals surface area contributed by atoms with E-state index in [0.29, 0.717) is 50.3 Å². The molecule has 4 amide bonds. The summed E-state index contributed by atoms with van der Waals surface area (Å²) < 4.78 is 6.06. The van der Waals surface area contributed by atoms with E-state index in [0.717, 1.165) is 11.1 Å². The summed E-state index contributed by atoms with van der Waals surface area (Å²) in [5, 5.41) is 11.5. The van der Waals surface area contributed by atoms with Gasteiger partial charge in [-0.05, 0) is 25.3 Å². The molecule has 0 aliphatic carbocycles. The summed E-state index contributed by atoms with van der Waals surface area (Å²) in [7, 11) is 0. The fourth-order valence-electron chi connectivity index (χ4n) is 5.02. The van der Waals surface area contributed by atoms with Crippen LogP contribution in [0.1, 0.15) is 47.2 Å². The molecule has 0 unspecified atom stereocenters. The average molecular weight is 399 g/mol. The van der Waals surface area contributed by atoms with Crippen LogP contribution in [0.25, 0.3) is 0 Å². The number of carboxylic acid groups (broad SMARTS) is 1. The molecule has 2 fully saturated rings. The van der Waals surface area contributed by atoms with Gasteiger partial charge in [0.05, 0.1) is 13.2 Å². The topological polar surface area (TPSA) is 116 Å². The van der Waals surface area contributed by atoms with E-state index < -0.39 is 18.0 Å². The Morgan fingerprint density at radius 2 is 1.97 bits per heavy atom. The lowest BCUT2D eigenvalue weighted by Crippen LogP contribution is -2.52. The largest absolute Gasteiger partial charge is 0.492 e. The van der Waals surface area contributed by atoms with Gasteiger partial charge in [-0.1, -0.05) is 6.07 Å². The summed E-state index contributed by atoms with van der Waals surface area (Å²) in [5.74, 6) is -0.260. The van der Waals surface area contributed by atoms with E-state index in [1.165, 1.54) is 9.80 Å². The summed E-state index contributed by atoms with van der Waals surface area (Å²) >= 11 is 0. The molecular weight excluding hydrogens is 378 g/mol. The van der Waals surface area contributed by atoms with Gasteiger partial charge < -0.3 is 19.6 Å². The number of likely N-dealkylation sites (tertiary alicyclic amines) is 1. The first-order valence-electron chi connectivity index (χ1n) is 9.81. The molecule has 0 aromatic heterocycles. The van der Waals surface area contributed by atoms with Crippen LogP contribution in [0.4, 0.5) is 4.79 Å². The standard InChI is InChI=1S/C20H21N3O6/c24-15-4-3-14(17(25)21-15)23-9-12-11(18(23)26)1-2-13-16(12)29-10-20(13)5-7-22(8-6-20)19(27)28/h1-2,14H,3-10H2,(H,27,28)(H,21,24,25)/t14-/m0/s1. The van der Waals surface area contributed by atoms with Crippen LogP contribution in [0.15, 0.2) is 12.1 Å². The number of benzene rings is 1. The molecule has 29 heavy (non-hydrogen) atoms. The number of amides is 4. The number of hydrogen-bond acceptors (Lipinski definition) is 5. The maximum Gasteiger partial charge on any atom is 0.407 e. The van der Waals surface area contributed by atoms with Gasteiger partial charge in [0.2, 0.25) is 11.8 Å². The number of carbonyl (C=O) groups excluding carboxylic acids is 3. The predicted molar refractivity (Wildman–Crippen MR) is 98.5 cm³/mol. The molecule has 0 bridgehead atoms. The molecule has 4 aliphatic heterocycles. The fourth-order valence-corrected chi connectivity index (χ4v) is 5.02. The van der Waals surface area contributed by atoms with Crippen LogP contribution >= 0.6 is 0 Å². The van der Waals surface area contributed by atoms with Gasteiger partial charge in [-0.15, -0.1) is 0 Å². The van der Waals surface area contributed by atoms with E-state index in [9.17, 15) is 24.3 Å². The number of carbonyl (C=O) groups is 4. The molecule has 0 radical (unpaired) electrons. The number of piperidine rings is 2. The van der Waals surface area contributed by atoms with E-state index in [2.05, 4.69) is 5.32 Å². The molecule has 2 N–H and O–H groups in total. The smallest absolute Gasteiger partial charge is 0.407 e. The van der Waals surface area contributed by atoms with Crippen LogP contribution in [-0.2, 0) is 21.5 Å². The van der Waals surface area contributed by atoms with Crippen molar-refractivity contribution in [1.29, 1.82) is 0 Å². The van der Waals surface area contributed by atoms with Crippen molar-refractivity contribution in [3.05, 3.63) is 28.8 Å². The third kappa shape index (κ3) is 2.60. The summed E-state index contributed by atoms with van der Waals surface area (Å²) in [6, 6.07) is 3.06. The van der Waals surface area contributed by atoms with Gasteiger partial charge in [-0.3, -0.25) is 19.7 Å². The average Bonchev–Trinajstić information content (AvgIpc) is 3.21. The summed E-state index contributed by atoms with van der Waals surface area (Å²) in [5.41, 5.74) is 2.11. The van der Waals surface area contributed by atoms with E-state index in [-0.39, 0.29) is 30.2 Å². The Balaban J connectivity index is 1.43. The second kappa shape index (κ2) is 6.20. The molecule has 9 nitrogen and oxygen atoms in total. The van der Waals surface area contributed by atoms with Gasteiger partial charge in [0.15, 0.2) is 0 Å². The summed E-state index contributed by atoms with van der Waals surface area (Å²) in [6.45, 7) is 1.66. The SMILES string of the molecule is O=C1CC[C@H](N2Cc3c(ccc4c3OCC43CCN(C(=O)O)CC3)C2=O)C(=O)N1. The Morgan fingerprint density at radius 3 is 2.66 bits per heavy atom. The van der Waals surface area contributed by atoms with Crippen molar-refractivity contribution in [2.24, 2.45) is 0 Å². The molecule has 1 aromatic carbocycles. The molecule has 152 valence electrons. The quantitative estimate of drug-likeness (QED) is 0.677. The fraction of sp³-hybridized carbons (Fsp3) is 0.500. The summed E-state index contributed by atoms with van der Waals surface area (Å²) in [4.78, 5) is 50.8. The number of imide groups is 1. The van der Waals surface area contributed by atoms with Crippen LogP contribution in [0.2, 0.25) is 0 Å². The Kier molecular flexibility index (Phi) is 3.84. The van der Waals surface area contributed by atoms with E-state index in [1.54, 1.807) is 6.07 Å². The normalized spacial score (nSPS) is 25.0. The van der Waals surface area contributed by atoms with Gasteiger partial charge in [-0.25, -0.2) is 4.79 Å². The molecule has 4 heterocycles. The maximum absolute atomic E-state index is 12.9. The van der Waals surface area contributed by atoms with E-state index in [1.807, 2.05) is 6.07 Å². The predicted octanol–water partition coefficient (Wildman–Crippen LogP) is 0.852. The minimum Gasteiger partial charge on any atom is -0.492 e.